The summed E-state index contributed by atoms with van der Waals surface area (Å²) in [6.45, 7) is 0. The van der Waals surface area contributed by atoms with E-state index in [2.05, 4.69) is 4.72 Å². The molecule has 1 amide bonds. The quantitative estimate of drug-likeness (QED) is 0.413. The van der Waals surface area contributed by atoms with Crippen molar-refractivity contribution >= 4 is 26.8 Å². The predicted octanol–water partition coefficient (Wildman–Crippen LogP) is 0.849. The van der Waals surface area contributed by atoms with Gasteiger partial charge in [-0.2, -0.15) is 0 Å². The van der Waals surface area contributed by atoms with Gasteiger partial charge in [0.2, 0.25) is 5.65 Å². The lowest BCUT2D eigenvalue weighted by molar-refractivity contribution is 0.265. The number of amides is 1. The largest absolute Gasteiger partial charge is 0.297 e. The minimum Gasteiger partial charge on any atom is -0.297 e. The first-order chi connectivity index (χ1) is 2.77. The second-order valence-electron chi connectivity index (χ2n) is 0.670. The van der Waals surface area contributed by atoms with Crippen molar-refractivity contribution in [3.63, 3.8) is 0 Å². The van der Waals surface area contributed by atoms with Crippen molar-refractivity contribution in [2.75, 3.05) is 6.26 Å². The van der Waals surface area contributed by atoms with Crippen LogP contribution in [0.5, 0.6) is 0 Å². The minimum atomic E-state index is -0.0810. The zero-order valence-corrected chi connectivity index (χ0v) is 5.37. The molecule has 0 bridgehead atoms. The molecule has 0 saturated heterocycles. The molecule has 36 valence electrons. The maximum Gasteiger partial charge on any atom is 0.244 e. The van der Waals surface area contributed by atoms with E-state index in [0.29, 0.717) is 0 Å². The van der Waals surface area contributed by atoms with Crippen LogP contribution >= 0.6 is 21.2 Å². The Morgan fingerprint density at radius 1 is 2.00 bits per heavy atom. The number of carbonyl (C=O) groups excluding carboxylic acids is 1. The molecule has 0 spiro atoms. The lowest BCUT2D eigenvalue weighted by Crippen LogP contribution is -2.02. The van der Waals surface area contributed by atoms with Gasteiger partial charge in [-0.15, -0.1) is 0 Å². The van der Waals surface area contributed by atoms with Crippen LogP contribution in [0.15, 0.2) is 0 Å². The van der Waals surface area contributed by atoms with E-state index in [-0.39, 0.29) is 5.65 Å². The highest BCUT2D eigenvalue weighted by molar-refractivity contribution is 7.97. The first kappa shape index (κ1) is 6.25. The fraction of sp³-hybridized carbons (Fsp3) is 0.500. The van der Waals surface area contributed by atoms with Gasteiger partial charge < -0.3 is 0 Å². The van der Waals surface area contributed by atoms with E-state index in [1.165, 1.54) is 11.9 Å². The monoisotopic (exact) mass is 123 g/mol. The second kappa shape index (κ2) is 3.44. The van der Waals surface area contributed by atoms with Gasteiger partial charge in [0.1, 0.15) is 0 Å². The molecule has 0 aliphatic heterocycles. The van der Waals surface area contributed by atoms with Gasteiger partial charge >= 0.3 is 0 Å². The van der Waals surface area contributed by atoms with Crippen LogP contribution in [0.2, 0.25) is 0 Å². The molecule has 0 aliphatic rings. The molecule has 1 atom stereocenters. The van der Waals surface area contributed by atoms with Crippen LogP contribution in [0.1, 0.15) is 0 Å². The summed E-state index contributed by atoms with van der Waals surface area (Å²) in [6.07, 6.45) is 1.79. The minimum absolute atomic E-state index is 0.0810. The number of hydrogen-bond acceptors (Lipinski definition) is 2. The van der Waals surface area contributed by atoms with Crippen molar-refractivity contribution in [2.24, 2.45) is 0 Å². The summed E-state index contributed by atoms with van der Waals surface area (Å²) in [4.78, 5) is 9.87. The van der Waals surface area contributed by atoms with Gasteiger partial charge in [0, 0.05) is 6.26 Å². The first-order valence-electron chi connectivity index (χ1n) is 1.36. The molecule has 0 aromatic carbocycles. The number of carbonyl (C=O) groups is 1. The summed E-state index contributed by atoms with van der Waals surface area (Å²) in [5.74, 6) is 0. The normalized spacial score (nSPS) is 7.67. The summed E-state index contributed by atoms with van der Waals surface area (Å²) >= 11 is 1.29. The van der Waals surface area contributed by atoms with Crippen LogP contribution in [-0.2, 0) is 0 Å². The van der Waals surface area contributed by atoms with Crippen LogP contribution in [-0.4, -0.2) is 11.9 Å². The SMILES string of the molecule is CSNC(=O)P. The Hall–Kier alpha value is 0.250. The van der Waals surface area contributed by atoms with Crippen molar-refractivity contribution in [1.29, 1.82) is 0 Å². The Morgan fingerprint density at radius 3 is 2.50 bits per heavy atom. The van der Waals surface area contributed by atoms with Gasteiger partial charge in [-0.25, -0.2) is 0 Å². The summed E-state index contributed by atoms with van der Waals surface area (Å²) in [7, 11) is 2.01. The fourth-order valence-electron chi connectivity index (χ4n) is 0.101. The molecule has 4 heteroatoms. The summed E-state index contributed by atoms with van der Waals surface area (Å²) in [5.41, 5.74) is -0.0810. The Morgan fingerprint density at radius 2 is 2.50 bits per heavy atom. The lowest BCUT2D eigenvalue weighted by Gasteiger charge is -1.87. The molecule has 0 rings (SSSR count). The molecule has 0 aromatic heterocycles. The smallest absolute Gasteiger partial charge is 0.244 e. The standard InChI is InChI=1S/C2H6NOPS/c1-6-3-2(4)5/h5H2,1H3,(H,3,4). The van der Waals surface area contributed by atoms with Crippen LogP contribution in [0.4, 0.5) is 4.79 Å². The van der Waals surface area contributed by atoms with Crippen molar-refractivity contribution in [3.05, 3.63) is 0 Å². The number of rotatable bonds is 1. The van der Waals surface area contributed by atoms with Gasteiger partial charge in [-0.05, 0) is 9.24 Å². The molecule has 2 nitrogen and oxygen atoms in total. The maximum atomic E-state index is 9.87. The van der Waals surface area contributed by atoms with Gasteiger partial charge in [0.25, 0.3) is 0 Å². The third-order valence-corrected chi connectivity index (χ3v) is 0.962. The van der Waals surface area contributed by atoms with Crippen LogP contribution in [0.25, 0.3) is 0 Å². The number of nitrogens with one attached hydrogen (secondary N) is 1. The lowest BCUT2D eigenvalue weighted by atomic mass is 11.5. The molecule has 1 unspecified atom stereocenters. The average Bonchev–Trinajstić information content (AvgIpc) is 1.35. The predicted molar refractivity (Wildman–Crippen MR) is 31.8 cm³/mol. The molecular weight excluding hydrogens is 117 g/mol. The van der Waals surface area contributed by atoms with Crippen molar-refractivity contribution in [2.45, 2.75) is 0 Å². The Bertz CT molecular complexity index is 57.5. The van der Waals surface area contributed by atoms with Crippen molar-refractivity contribution < 1.29 is 4.79 Å². The van der Waals surface area contributed by atoms with Crippen molar-refractivity contribution in [1.82, 2.24) is 4.72 Å². The van der Waals surface area contributed by atoms with Gasteiger partial charge in [-0.3, -0.25) is 9.52 Å². The highest BCUT2D eigenvalue weighted by Gasteiger charge is 1.80. The van der Waals surface area contributed by atoms with Crippen LogP contribution < -0.4 is 4.72 Å². The number of hydrogen-bond donors (Lipinski definition) is 1. The summed E-state index contributed by atoms with van der Waals surface area (Å²) in [6, 6.07) is 0. The highest BCUT2D eigenvalue weighted by atomic mass is 32.2. The molecule has 0 radical (unpaired) electrons. The van der Waals surface area contributed by atoms with Crippen molar-refractivity contribution in [3.8, 4) is 0 Å². The molecule has 0 saturated carbocycles. The van der Waals surface area contributed by atoms with Gasteiger partial charge in [0.05, 0.1) is 0 Å². The van der Waals surface area contributed by atoms with E-state index >= 15 is 0 Å². The zero-order valence-electron chi connectivity index (χ0n) is 3.39. The Kier molecular flexibility index (Phi) is 3.58. The maximum absolute atomic E-state index is 9.87. The molecule has 0 fully saturated rings. The Labute approximate surface area is 43.4 Å². The molecule has 0 aromatic rings. The van der Waals surface area contributed by atoms with E-state index in [1.807, 2.05) is 9.24 Å². The van der Waals surface area contributed by atoms with Crippen LogP contribution in [0, 0.1) is 0 Å². The highest BCUT2D eigenvalue weighted by Crippen LogP contribution is 1.88. The third-order valence-electron chi connectivity index (χ3n) is 0.203. The summed E-state index contributed by atoms with van der Waals surface area (Å²) in [5, 5.41) is 0. The molecule has 6 heavy (non-hydrogen) atoms. The van der Waals surface area contributed by atoms with Gasteiger partial charge in [0.15, 0.2) is 0 Å². The molecule has 1 N–H and O–H groups in total. The summed E-state index contributed by atoms with van der Waals surface area (Å²) < 4.78 is 2.45. The zero-order chi connectivity index (χ0) is 4.99. The first-order valence-corrected chi connectivity index (χ1v) is 3.16. The van der Waals surface area contributed by atoms with E-state index in [1.54, 1.807) is 6.26 Å². The fourth-order valence-corrected chi connectivity index (χ4v) is 0.655. The van der Waals surface area contributed by atoms with E-state index in [9.17, 15) is 4.79 Å². The third kappa shape index (κ3) is 4.25. The van der Waals surface area contributed by atoms with E-state index < -0.39 is 0 Å². The van der Waals surface area contributed by atoms with Gasteiger partial charge in [-0.1, -0.05) is 11.9 Å². The topological polar surface area (TPSA) is 29.1 Å². The van der Waals surface area contributed by atoms with E-state index in [0.717, 1.165) is 0 Å². The molecule has 0 heterocycles. The molecular formula is C2H6NOPS. The van der Waals surface area contributed by atoms with E-state index in [4.69, 9.17) is 0 Å². The average molecular weight is 123 g/mol. The second-order valence-corrected chi connectivity index (χ2v) is 1.81. The molecule has 0 aliphatic carbocycles. The Balaban J connectivity index is 2.83. The van der Waals surface area contributed by atoms with Crippen LogP contribution in [0.3, 0.4) is 0 Å².